The number of hydrogen-bond acceptors (Lipinski definition) is 7. The third-order valence-electron chi connectivity index (χ3n) is 7.60. The van der Waals surface area contributed by atoms with Crippen molar-refractivity contribution >= 4 is 24.1 Å². The van der Waals surface area contributed by atoms with E-state index in [9.17, 15) is 9.59 Å². The highest BCUT2D eigenvalue weighted by atomic mass is 16.5. The fourth-order valence-corrected chi connectivity index (χ4v) is 4.82. The SMILES string of the molecule is CCOC(=O)c1ccc(C#C/C=C\c2ccc(CN3CCOCC3)cc2)cc1.CCOC(=O)c1ccc(C#C/C=C\c2ccc(CO)cc2)cc1. The number of carbonyl (C=O) groups is 2. The molecule has 0 aliphatic carbocycles. The molecule has 0 bridgehead atoms. The van der Waals surface area contributed by atoms with Gasteiger partial charge in [-0.25, -0.2) is 9.59 Å². The minimum Gasteiger partial charge on any atom is -0.462 e. The summed E-state index contributed by atoms with van der Waals surface area (Å²) in [5.74, 6) is 11.4. The van der Waals surface area contributed by atoms with Crippen molar-refractivity contribution in [1.82, 2.24) is 4.90 Å². The van der Waals surface area contributed by atoms with E-state index in [-0.39, 0.29) is 18.5 Å². The second-order valence-corrected chi connectivity index (χ2v) is 11.3. The van der Waals surface area contributed by atoms with Gasteiger partial charge in [0.2, 0.25) is 0 Å². The van der Waals surface area contributed by atoms with Crippen molar-refractivity contribution in [3.8, 4) is 23.7 Å². The van der Waals surface area contributed by atoms with E-state index in [4.69, 9.17) is 19.3 Å². The van der Waals surface area contributed by atoms with Gasteiger partial charge >= 0.3 is 11.9 Å². The van der Waals surface area contributed by atoms with Crippen molar-refractivity contribution in [2.24, 2.45) is 0 Å². The van der Waals surface area contributed by atoms with E-state index in [1.54, 1.807) is 56.3 Å². The first-order chi connectivity index (χ1) is 25.0. The number of nitrogens with zero attached hydrogens (tertiary/aromatic N) is 1. The number of hydrogen-bond donors (Lipinski definition) is 1. The number of allylic oxidation sites excluding steroid dienone is 2. The van der Waals surface area contributed by atoms with Gasteiger partial charge in [0.05, 0.1) is 44.2 Å². The Labute approximate surface area is 301 Å². The number of aliphatic hydroxyl groups is 1. The summed E-state index contributed by atoms with van der Waals surface area (Å²) in [7, 11) is 0. The van der Waals surface area contributed by atoms with Crippen molar-refractivity contribution in [3.05, 3.63) is 154 Å². The number of aliphatic hydroxyl groups excluding tert-OH is 1. The molecule has 1 N–H and O–H groups in total. The molecule has 0 aromatic heterocycles. The topological polar surface area (TPSA) is 85.3 Å². The molecule has 260 valence electrons. The number of esters is 2. The summed E-state index contributed by atoms with van der Waals surface area (Å²) >= 11 is 0. The lowest BCUT2D eigenvalue weighted by Gasteiger charge is -2.26. The first-order valence-corrected chi connectivity index (χ1v) is 17.0. The maximum Gasteiger partial charge on any atom is 0.338 e. The minimum absolute atomic E-state index is 0.0472. The van der Waals surface area contributed by atoms with Crippen LogP contribution in [0.15, 0.2) is 109 Å². The first kappa shape index (κ1) is 38.1. The zero-order chi connectivity index (χ0) is 36.1. The molecule has 1 aliphatic heterocycles. The fraction of sp³-hybridized carbons (Fsp3) is 0.227. The van der Waals surface area contributed by atoms with E-state index in [1.807, 2.05) is 54.6 Å². The van der Waals surface area contributed by atoms with E-state index >= 15 is 0 Å². The number of morpholine rings is 1. The molecule has 5 rings (SSSR count). The summed E-state index contributed by atoms with van der Waals surface area (Å²) in [5, 5.41) is 8.98. The van der Waals surface area contributed by atoms with Gasteiger partial charge < -0.3 is 19.3 Å². The number of carbonyl (C=O) groups excluding carboxylic acids is 2. The van der Waals surface area contributed by atoms with Crippen LogP contribution in [-0.2, 0) is 27.4 Å². The van der Waals surface area contributed by atoms with Gasteiger partial charge in [-0.15, -0.1) is 0 Å². The van der Waals surface area contributed by atoms with Crippen LogP contribution < -0.4 is 0 Å². The van der Waals surface area contributed by atoms with Crippen molar-refractivity contribution in [1.29, 1.82) is 0 Å². The van der Waals surface area contributed by atoms with Gasteiger partial charge in [0.1, 0.15) is 0 Å². The van der Waals surface area contributed by atoms with E-state index in [1.165, 1.54) is 5.56 Å². The largest absolute Gasteiger partial charge is 0.462 e. The molecule has 4 aromatic carbocycles. The number of rotatable bonds is 9. The van der Waals surface area contributed by atoms with Gasteiger partial charge in [0, 0.05) is 30.8 Å². The molecule has 1 saturated heterocycles. The molecule has 0 spiro atoms. The zero-order valence-electron chi connectivity index (χ0n) is 29.1. The predicted octanol–water partition coefficient (Wildman–Crippen LogP) is 7.18. The highest BCUT2D eigenvalue weighted by Crippen LogP contribution is 2.11. The van der Waals surface area contributed by atoms with Gasteiger partial charge in [-0.2, -0.15) is 0 Å². The minimum atomic E-state index is -0.321. The second kappa shape index (κ2) is 21.4. The third-order valence-corrected chi connectivity index (χ3v) is 7.60. The molecule has 0 unspecified atom stereocenters. The highest BCUT2D eigenvalue weighted by molar-refractivity contribution is 5.90. The van der Waals surface area contributed by atoms with Crippen molar-refractivity contribution in [2.75, 3.05) is 39.5 Å². The lowest BCUT2D eigenvalue weighted by atomic mass is 10.1. The Morgan fingerprint density at radius 2 is 1.10 bits per heavy atom. The van der Waals surface area contributed by atoms with Crippen LogP contribution in [0.5, 0.6) is 0 Å². The van der Waals surface area contributed by atoms with Gasteiger partial charge in [-0.1, -0.05) is 72.2 Å². The smallest absolute Gasteiger partial charge is 0.338 e. The Hall–Kier alpha value is -5.70. The van der Waals surface area contributed by atoms with E-state index in [0.717, 1.165) is 60.7 Å². The molecule has 0 saturated carbocycles. The number of ether oxygens (including phenoxy) is 3. The summed E-state index contributed by atoms with van der Waals surface area (Å²) in [5.41, 5.74) is 7.10. The molecular weight excluding hydrogens is 638 g/mol. The molecule has 7 nitrogen and oxygen atoms in total. The van der Waals surface area contributed by atoms with Crippen LogP contribution in [-0.4, -0.2) is 61.5 Å². The lowest BCUT2D eigenvalue weighted by molar-refractivity contribution is 0.0342. The van der Waals surface area contributed by atoms with E-state index in [2.05, 4.69) is 52.8 Å². The Morgan fingerprint density at radius 1 is 0.667 bits per heavy atom. The average Bonchev–Trinajstić information content (AvgIpc) is 3.17. The summed E-state index contributed by atoms with van der Waals surface area (Å²) in [6, 6.07) is 30.3. The van der Waals surface area contributed by atoms with Crippen LogP contribution in [0.3, 0.4) is 0 Å². The fourth-order valence-electron chi connectivity index (χ4n) is 4.82. The van der Waals surface area contributed by atoms with Crippen LogP contribution in [0.2, 0.25) is 0 Å². The maximum atomic E-state index is 11.6. The van der Waals surface area contributed by atoms with Gasteiger partial charge in [0.25, 0.3) is 0 Å². The van der Waals surface area contributed by atoms with Crippen LogP contribution in [0.4, 0.5) is 0 Å². The Kier molecular flexibility index (Phi) is 16.0. The molecule has 1 fully saturated rings. The van der Waals surface area contributed by atoms with E-state index in [0.29, 0.717) is 24.3 Å². The standard InChI is InChI=1S/C24H25NO3.C20H18O3/c1-2-28-24(26)23-13-11-21(12-14-23)6-4-3-5-20-7-9-22(10-8-20)19-25-15-17-27-18-16-25;1-2-23-20(22)19-13-11-17(12-14-19)6-4-3-5-16-7-9-18(15-21)10-8-16/h3,5,7-14H,2,15-19H2,1H3;3,5,7-14,21H,2,15H2,1H3/b2*5-3-. The van der Waals surface area contributed by atoms with E-state index < -0.39 is 0 Å². The quantitative estimate of drug-likeness (QED) is 0.148. The molecule has 51 heavy (non-hydrogen) atoms. The summed E-state index contributed by atoms with van der Waals surface area (Å²) < 4.78 is 15.3. The third kappa shape index (κ3) is 13.6. The number of benzene rings is 4. The van der Waals surface area contributed by atoms with Crippen LogP contribution in [0.25, 0.3) is 12.2 Å². The normalized spacial score (nSPS) is 12.5. The van der Waals surface area contributed by atoms with Crippen molar-refractivity contribution in [2.45, 2.75) is 27.0 Å². The molecule has 0 amide bonds. The molecule has 1 aliphatic rings. The Balaban J connectivity index is 0.000000233. The predicted molar refractivity (Wildman–Crippen MR) is 202 cm³/mol. The first-order valence-electron chi connectivity index (χ1n) is 17.0. The molecule has 1 heterocycles. The van der Waals surface area contributed by atoms with Crippen LogP contribution >= 0.6 is 0 Å². The molecule has 7 heteroatoms. The summed E-state index contributed by atoms with van der Waals surface area (Å²) in [6.07, 6.45) is 7.52. The van der Waals surface area contributed by atoms with Crippen molar-refractivity contribution in [3.63, 3.8) is 0 Å². The Bertz CT molecular complexity index is 1860. The molecule has 0 atom stereocenters. The molecular formula is C44H43NO6. The van der Waals surface area contributed by atoms with Crippen LogP contribution in [0, 0.1) is 23.7 Å². The van der Waals surface area contributed by atoms with Gasteiger partial charge in [0.15, 0.2) is 0 Å². The highest BCUT2D eigenvalue weighted by Gasteiger charge is 2.10. The van der Waals surface area contributed by atoms with Gasteiger partial charge in [-0.05, 0) is 109 Å². The Morgan fingerprint density at radius 3 is 1.51 bits per heavy atom. The second-order valence-electron chi connectivity index (χ2n) is 11.3. The lowest BCUT2D eigenvalue weighted by Crippen LogP contribution is -2.35. The molecule has 0 radical (unpaired) electrons. The van der Waals surface area contributed by atoms with Crippen LogP contribution in [0.1, 0.15) is 67.9 Å². The summed E-state index contributed by atoms with van der Waals surface area (Å²) in [6.45, 7) is 8.97. The maximum absolute atomic E-state index is 11.6. The van der Waals surface area contributed by atoms with Crippen molar-refractivity contribution < 1.29 is 28.9 Å². The monoisotopic (exact) mass is 681 g/mol. The summed E-state index contributed by atoms with van der Waals surface area (Å²) in [4.78, 5) is 25.6. The zero-order valence-corrected chi connectivity index (χ0v) is 29.1. The average molecular weight is 682 g/mol. The molecule has 4 aromatic rings. The van der Waals surface area contributed by atoms with Gasteiger partial charge in [-0.3, -0.25) is 4.90 Å².